The van der Waals surface area contributed by atoms with E-state index in [-0.39, 0.29) is 47.8 Å². The van der Waals surface area contributed by atoms with Gasteiger partial charge in [-0.2, -0.15) is 10.1 Å². The summed E-state index contributed by atoms with van der Waals surface area (Å²) >= 11 is 7.08. The fourth-order valence-corrected chi connectivity index (χ4v) is 6.02. The third-order valence-electron chi connectivity index (χ3n) is 6.75. The predicted octanol–water partition coefficient (Wildman–Crippen LogP) is 5.24. The standard InChI is InChI=1S/C25H21Br2N3O6/c1-2-35-18-10-16(11-28-29-24(31)19-14-5-6-15(9-14)20(19)25(29)32)21(26)22(27)23(18)36-12-13-3-7-17(8-4-13)30(33)34/h3-8,10-11,14-15,19-20H,2,9,12H2,1H3/t14-,15-,19-,20+/m0/s1. The van der Waals surface area contributed by atoms with Crippen LogP contribution in [0.3, 0.4) is 0 Å². The lowest BCUT2D eigenvalue weighted by atomic mass is 9.85. The maximum Gasteiger partial charge on any atom is 0.269 e. The third-order valence-corrected chi connectivity index (χ3v) is 8.89. The molecule has 1 heterocycles. The molecule has 0 radical (unpaired) electrons. The Hall–Kier alpha value is -3.05. The quantitative estimate of drug-likeness (QED) is 0.132. The van der Waals surface area contributed by atoms with Crippen LogP contribution >= 0.6 is 31.9 Å². The van der Waals surface area contributed by atoms with Gasteiger partial charge in [-0.25, -0.2) is 0 Å². The molecule has 2 aromatic carbocycles. The van der Waals surface area contributed by atoms with Crippen LogP contribution < -0.4 is 9.47 Å². The monoisotopic (exact) mass is 617 g/mol. The highest BCUT2D eigenvalue weighted by atomic mass is 79.9. The van der Waals surface area contributed by atoms with Crippen LogP contribution in [0.25, 0.3) is 0 Å². The Morgan fingerprint density at radius 1 is 1.08 bits per heavy atom. The number of hydrogen-bond acceptors (Lipinski definition) is 7. The summed E-state index contributed by atoms with van der Waals surface area (Å²) in [5.41, 5.74) is 1.34. The van der Waals surface area contributed by atoms with Crippen LogP contribution in [0, 0.1) is 33.8 Å². The molecular weight excluding hydrogens is 598 g/mol. The van der Waals surface area contributed by atoms with Crippen molar-refractivity contribution < 1.29 is 24.0 Å². The maximum absolute atomic E-state index is 12.9. The zero-order valence-electron chi connectivity index (χ0n) is 19.1. The van der Waals surface area contributed by atoms with Gasteiger partial charge in [-0.3, -0.25) is 19.7 Å². The number of ether oxygens (including phenoxy) is 2. The molecule has 2 fully saturated rings. The number of benzene rings is 2. The molecule has 1 aliphatic heterocycles. The van der Waals surface area contributed by atoms with Crippen LogP contribution in [0.15, 0.2) is 56.5 Å². The van der Waals surface area contributed by atoms with Gasteiger partial charge in [-0.05, 0) is 80.8 Å². The second-order valence-electron chi connectivity index (χ2n) is 8.80. The summed E-state index contributed by atoms with van der Waals surface area (Å²) in [4.78, 5) is 36.2. The molecule has 0 unspecified atom stereocenters. The van der Waals surface area contributed by atoms with Crippen molar-refractivity contribution in [2.75, 3.05) is 6.61 Å². The van der Waals surface area contributed by atoms with Crippen molar-refractivity contribution in [1.29, 1.82) is 0 Å². The number of nitro groups is 1. The molecule has 11 heteroatoms. The first-order valence-corrected chi connectivity index (χ1v) is 13.0. The lowest BCUT2D eigenvalue weighted by Crippen LogP contribution is -2.28. The molecule has 36 heavy (non-hydrogen) atoms. The fraction of sp³-hybridized carbons (Fsp3) is 0.320. The summed E-state index contributed by atoms with van der Waals surface area (Å²) in [6.45, 7) is 2.37. The van der Waals surface area contributed by atoms with Gasteiger partial charge in [-0.1, -0.05) is 12.2 Å². The van der Waals surface area contributed by atoms with Crippen LogP contribution in [0.4, 0.5) is 5.69 Å². The predicted molar refractivity (Wildman–Crippen MR) is 138 cm³/mol. The number of hydrazone groups is 1. The van der Waals surface area contributed by atoms with Crippen molar-refractivity contribution in [3.8, 4) is 11.5 Å². The van der Waals surface area contributed by atoms with Crippen LogP contribution in [-0.2, 0) is 16.2 Å². The molecule has 2 aliphatic carbocycles. The van der Waals surface area contributed by atoms with Gasteiger partial charge in [0.1, 0.15) is 6.61 Å². The molecule has 2 bridgehead atoms. The number of rotatable bonds is 8. The summed E-state index contributed by atoms with van der Waals surface area (Å²) in [5, 5.41) is 16.1. The zero-order chi connectivity index (χ0) is 25.6. The van der Waals surface area contributed by atoms with E-state index in [1.54, 1.807) is 18.2 Å². The van der Waals surface area contributed by atoms with Crippen LogP contribution in [0.5, 0.6) is 11.5 Å². The van der Waals surface area contributed by atoms with Gasteiger partial charge in [0.2, 0.25) is 0 Å². The second kappa shape index (κ2) is 9.78. The number of imide groups is 1. The van der Waals surface area contributed by atoms with E-state index in [0.717, 1.165) is 17.0 Å². The molecule has 5 rings (SSSR count). The van der Waals surface area contributed by atoms with E-state index in [2.05, 4.69) is 37.0 Å². The van der Waals surface area contributed by atoms with E-state index in [9.17, 15) is 19.7 Å². The van der Waals surface area contributed by atoms with E-state index >= 15 is 0 Å². The number of amides is 2. The number of nitrogens with zero attached hydrogens (tertiary/aromatic N) is 3. The van der Waals surface area contributed by atoms with E-state index in [1.165, 1.54) is 18.3 Å². The normalized spacial score (nSPS) is 24.1. The number of halogens is 2. The number of fused-ring (bicyclic) bond motifs is 5. The van der Waals surface area contributed by atoms with Crippen LogP contribution in [-0.4, -0.2) is 34.6 Å². The molecule has 0 spiro atoms. The highest BCUT2D eigenvalue weighted by Crippen LogP contribution is 2.52. The topological polar surface area (TPSA) is 111 Å². The Kier molecular flexibility index (Phi) is 6.69. The SMILES string of the molecule is CCOc1cc(C=NN2C(=O)[C@@H]3[C@H](C2=O)[C@H]2C=C[C@H]3C2)c(Br)c(Br)c1OCc1ccc([N+](=O)[O-])cc1. The molecule has 186 valence electrons. The largest absolute Gasteiger partial charge is 0.490 e. The summed E-state index contributed by atoms with van der Waals surface area (Å²) in [5.74, 6) is -0.00633. The van der Waals surface area contributed by atoms with Crippen molar-refractivity contribution in [2.45, 2.75) is 20.0 Å². The second-order valence-corrected chi connectivity index (χ2v) is 10.4. The Morgan fingerprint density at radius 2 is 1.72 bits per heavy atom. The van der Waals surface area contributed by atoms with Crippen molar-refractivity contribution in [3.05, 3.63) is 72.7 Å². The van der Waals surface area contributed by atoms with Gasteiger partial charge in [0, 0.05) is 22.2 Å². The van der Waals surface area contributed by atoms with Gasteiger partial charge in [0.25, 0.3) is 17.5 Å². The van der Waals surface area contributed by atoms with Crippen molar-refractivity contribution in [2.24, 2.45) is 28.8 Å². The van der Waals surface area contributed by atoms with Crippen LogP contribution in [0.1, 0.15) is 24.5 Å². The van der Waals surface area contributed by atoms with Gasteiger partial charge in [0.15, 0.2) is 11.5 Å². The molecular formula is C25H21Br2N3O6. The Labute approximate surface area is 223 Å². The number of allylic oxidation sites excluding steroid dienone is 2. The van der Waals surface area contributed by atoms with E-state index in [4.69, 9.17) is 9.47 Å². The molecule has 0 aromatic heterocycles. The van der Waals surface area contributed by atoms with Gasteiger partial charge in [0.05, 0.1) is 34.1 Å². The summed E-state index contributed by atoms with van der Waals surface area (Å²) in [6.07, 6.45) is 6.41. The molecule has 2 aromatic rings. The van der Waals surface area contributed by atoms with E-state index in [0.29, 0.717) is 32.6 Å². The summed E-state index contributed by atoms with van der Waals surface area (Å²) in [7, 11) is 0. The highest BCUT2D eigenvalue weighted by Gasteiger charge is 2.59. The van der Waals surface area contributed by atoms with Crippen LogP contribution in [0.2, 0.25) is 0 Å². The first-order chi connectivity index (χ1) is 17.3. The number of carbonyl (C=O) groups is 2. The smallest absolute Gasteiger partial charge is 0.269 e. The average molecular weight is 619 g/mol. The molecule has 0 N–H and O–H groups in total. The molecule has 9 nitrogen and oxygen atoms in total. The molecule has 4 atom stereocenters. The first-order valence-electron chi connectivity index (χ1n) is 11.4. The Morgan fingerprint density at radius 3 is 2.31 bits per heavy atom. The zero-order valence-corrected chi connectivity index (χ0v) is 22.3. The molecule has 1 saturated heterocycles. The van der Waals surface area contributed by atoms with E-state index < -0.39 is 4.92 Å². The van der Waals surface area contributed by atoms with Crippen molar-refractivity contribution >= 4 is 55.6 Å². The minimum atomic E-state index is -0.456. The average Bonchev–Trinajstić information content (AvgIpc) is 3.55. The van der Waals surface area contributed by atoms with Crippen molar-refractivity contribution in [1.82, 2.24) is 5.01 Å². The Bertz CT molecular complexity index is 1280. The minimum Gasteiger partial charge on any atom is -0.490 e. The molecule has 1 saturated carbocycles. The summed E-state index contributed by atoms with van der Waals surface area (Å²) in [6, 6.07) is 7.81. The maximum atomic E-state index is 12.9. The van der Waals surface area contributed by atoms with Gasteiger partial charge in [-0.15, -0.1) is 0 Å². The lowest BCUT2D eigenvalue weighted by molar-refractivity contribution is -0.384. The van der Waals surface area contributed by atoms with Gasteiger partial charge >= 0.3 is 0 Å². The Balaban J connectivity index is 1.37. The fourth-order valence-electron chi connectivity index (χ4n) is 5.09. The number of carbonyl (C=O) groups excluding carboxylic acids is 2. The lowest BCUT2D eigenvalue weighted by Gasteiger charge is -2.17. The van der Waals surface area contributed by atoms with Crippen molar-refractivity contribution in [3.63, 3.8) is 0 Å². The van der Waals surface area contributed by atoms with Gasteiger partial charge < -0.3 is 9.47 Å². The highest BCUT2D eigenvalue weighted by molar-refractivity contribution is 9.13. The first kappa shape index (κ1) is 24.6. The number of non-ortho nitro benzene ring substituents is 1. The molecule has 2 amide bonds. The minimum absolute atomic E-state index is 0.00355. The van der Waals surface area contributed by atoms with E-state index in [1.807, 2.05) is 19.1 Å². The third kappa shape index (κ3) is 4.24. The number of hydrogen-bond donors (Lipinski definition) is 0. The summed E-state index contributed by atoms with van der Waals surface area (Å²) < 4.78 is 12.9. The number of nitro benzene ring substituents is 1. The molecule has 3 aliphatic rings.